The molecule has 5 heteroatoms. The summed E-state index contributed by atoms with van der Waals surface area (Å²) >= 11 is 0. The Hall–Kier alpha value is -1.75. The number of benzene rings is 1. The summed E-state index contributed by atoms with van der Waals surface area (Å²) in [5.74, 6) is -1.15. The number of ether oxygens (including phenoxy) is 2. The van der Waals surface area contributed by atoms with Gasteiger partial charge in [0.1, 0.15) is 11.5 Å². The highest BCUT2D eigenvalue weighted by atomic mass is 16.5. The maximum absolute atomic E-state index is 11.3. The second-order valence-corrected chi connectivity index (χ2v) is 4.66. The Kier molecular flexibility index (Phi) is 5.18. The molecular weight excluding hydrogens is 248 g/mol. The van der Waals surface area contributed by atoms with Gasteiger partial charge >= 0.3 is 5.97 Å². The number of aliphatic hydroxyl groups is 1. The second kappa shape index (κ2) is 6.43. The van der Waals surface area contributed by atoms with Gasteiger partial charge in [-0.3, -0.25) is 4.79 Å². The van der Waals surface area contributed by atoms with Crippen molar-refractivity contribution in [2.24, 2.45) is 11.8 Å². The van der Waals surface area contributed by atoms with Crippen molar-refractivity contribution in [2.75, 3.05) is 14.2 Å². The normalized spacial score (nSPS) is 14.0. The molecule has 0 saturated heterocycles. The molecule has 0 aliphatic carbocycles. The van der Waals surface area contributed by atoms with Gasteiger partial charge in [0.05, 0.1) is 26.2 Å². The monoisotopic (exact) mass is 268 g/mol. The van der Waals surface area contributed by atoms with Gasteiger partial charge in [0.2, 0.25) is 0 Å². The Morgan fingerprint density at radius 3 is 2.26 bits per heavy atom. The highest BCUT2D eigenvalue weighted by Crippen LogP contribution is 2.36. The number of hydrogen-bond acceptors (Lipinski definition) is 4. The van der Waals surface area contributed by atoms with E-state index in [9.17, 15) is 15.0 Å². The number of aliphatic hydroxyl groups excluding tert-OH is 1. The molecule has 0 amide bonds. The first-order valence-corrected chi connectivity index (χ1v) is 6.05. The van der Waals surface area contributed by atoms with Crippen LogP contribution >= 0.6 is 0 Å². The Morgan fingerprint density at radius 1 is 1.21 bits per heavy atom. The van der Waals surface area contributed by atoms with Crippen LogP contribution in [0.5, 0.6) is 11.5 Å². The average Bonchev–Trinajstić information content (AvgIpc) is 2.36. The minimum atomic E-state index is -1.15. The average molecular weight is 268 g/mol. The zero-order chi connectivity index (χ0) is 14.6. The summed E-state index contributed by atoms with van der Waals surface area (Å²) in [5.41, 5.74) is 0.419. The molecule has 2 N–H and O–H groups in total. The molecule has 1 aromatic rings. The molecule has 0 heterocycles. The molecular formula is C14H20O5. The van der Waals surface area contributed by atoms with E-state index in [1.165, 1.54) is 14.2 Å². The first-order valence-electron chi connectivity index (χ1n) is 6.05. The maximum Gasteiger partial charge on any atom is 0.309 e. The Bertz CT molecular complexity index is 441. The largest absolute Gasteiger partial charge is 0.497 e. The predicted octanol–water partition coefficient (Wildman–Crippen LogP) is 2.09. The third-order valence-electron chi connectivity index (χ3n) is 3.10. The number of hydrogen-bond donors (Lipinski definition) is 2. The van der Waals surface area contributed by atoms with Crippen LogP contribution in [0.15, 0.2) is 18.2 Å². The SMILES string of the molecule is COc1ccc(OC)c(C(O)C(C(=O)O)C(C)C)c1. The number of methoxy groups -OCH3 is 2. The number of aliphatic carboxylic acids is 1. The van der Waals surface area contributed by atoms with Crippen LogP contribution in [0.3, 0.4) is 0 Å². The maximum atomic E-state index is 11.3. The lowest BCUT2D eigenvalue weighted by Gasteiger charge is -2.24. The lowest BCUT2D eigenvalue weighted by Crippen LogP contribution is -2.27. The molecule has 1 aromatic carbocycles. The van der Waals surface area contributed by atoms with Gasteiger partial charge in [0.25, 0.3) is 0 Å². The van der Waals surface area contributed by atoms with Crippen LogP contribution < -0.4 is 9.47 Å². The zero-order valence-corrected chi connectivity index (χ0v) is 11.6. The van der Waals surface area contributed by atoms with Crippen molar-refractivity contribution in [2.45, 2.75) is 20.0 Å². The molecule has 0 saturated carbocycles. The molecule has 106 valence electrons. The summed E-state index contributed by atoms with van der Waals surface area (Å²) in [6, 6.07) is 4.94. The highest BCUT2D eigenvalue weighted by molar-refractivity contribution is 5.71. The molecule has 0 radical (unpaired) electrons. The van der Waals surface area contributed by atoms with Crippen molar-refractivity contribution >= 4 is 5.97 Å². The van der Waals surface area contributed by atoms with Crippen molar-refractivity contribution in [1.29, 1.82) is 0 Å². The van der Waals surface area contributed by atoms with Gasteiger partial charge in [-0.05, 0) is 24.1 Å². The van der Waals surface area contributed by atoms with Crippen LogP contribution in [-0.2, 0) is 4.79 Å². The topological polar surface area (TPSA) is 76.0 Å². The van der Waals surface area contributed by atoms with Gasteiger partial charge in [0, 0.05) is 5.56 Å². The van der Waals surface area contributed by atoms with Crippen LogP contribution in [0.1, 0.15) is 25.5 Å². The summed E-state index contributed by atoms with van der Waals surface area (Å²) < 4.78 is 10.3. The van der Waals surface area contributed by atoms with E-state index in [0.717, 1.165) is 0 Å². The van der Waals surface area contributed by atoms with Crippen LogP contribution in [0.2, 0.25) is 0 Å². The lowest BCUT2D eigenvalue weighted by molar-refractivity contribution is -0.148. The third kappa shape index (κ3) is 3.38. The number of rotatable bonds is 6. The van der Waals surface area contributed by atoms with E-state index in [1.54, 1.807) is 32.0 Å². The minimum absolute atomic E-state index is 0.205. The molecule has 1 rings (SSSR count). The summed E-state index contributed by atoms with van der Waals surface area (Å²) in [6.07, 6.45) is -1.15. The Balaban J connectivity index is 3.22. The Morgan fingerprint density at radius 2 is 1.84 bits per heavy atom. The molecule has 0 spiro atoms. The number of carbonyl (C=O) groups is 1. The zero-order valence-electron chi connectivity index (χ0n) is 11.6. The van der Waals surface area contributed by atoms with E-state index in [1.807, 2.05) is 0 Å². The summed E-state index contributed by atoms with van der Waals surface area (Å²) in [7, 11) is 2.98. The summed E-state index contributed by atoms with van der Waals surface area (Å²) in [6.45, 7) is 3.52. The molecule has 0 aromatic heterocycles. The number of carboxylic acids is 1. The fourth-order valence-electron chi connectivity index (χ4n) is 2.05. The molecule has 0 bridgehead atoms. The van der Waals surface area contributed by atoms with E-state index in [2.05, 4.69) is 0 Å². The van der Waals surface area contributed by atoms with Gasteiger partial charge in [-0.2, -0.15) is 0 Å². The quantitative estimate of drug-likeness (QED) is 0.826. The van der Waals surface area contributed by atoms with Crippen molar-refractivity contribution in [1.82, 2.24) is 0 Å². The first kappa shape index (κ1) is 15.3. The van der Waals surface area contributed by atoms with Crippen molar-refractivity contribution < 1.29 is 24.5 Å². The van der Waals surface area contributed by atoms with Crippen LogP contribution in [-0.4, -0.2) is 30.4 Å². The lowest BCUT2D eigenvalue weighted by atomic mass is 9.86. The molecule has 0 aliphatic rings. The first-order chi connectivity index (χ1) is 8.92. The van der Waals surface area contributed by atoms with Crippen LogP contribution in [0.4, 0.5) is 0 Å². The van der Waals surface area contributed by atoms with Gasteiger partial charge in [-0.25, -0.2) is 0 Å². The Labute approximate surface area is 112 Å². The fraction of sp³-hybridized carbons (Fsp3) is 0.500. The predicted molar refractivity (Wildman–Crippen MR) is 70.5 cm³/mol. The van der Waals surface area contributed by atoms with Gasteiger partial charge in [-0.1, -0.05) is 13.8 Å². The summed E-state index contributed by atoms with van der Waals surface area (Å²) in [5, 5.41) is 19.6. The highest BCUT2D eigenvalue weighted by Gasteiger charge is 2.32. The van der Waals surface area contributed by atoms with E-state index >= 15 is 0 Å². The van der Waals surface area contributed by atoms with E-state index in [0.29, 0.717) is 17.1 Å². The second-order valence-electron chi connectivity index (χ2n) is 4.66. The van der Waals surface area contributed by atoms with Crippen molar-refractivity contribution in [3.63, 3.8) is 0 Å². The van der Waals surface area contributed by atoms with E-state index in [4.69, 9.17) is 9.47 Å². The van der Waals surface area contributed by atoms with Gasteiger partial charge < -0.3 is 19.7 Å². The molecule has 19 heavy (non-hydrogen) atoms. The third-order valence-corrected chi connectivity index (χ3v) is 3.10. The minimum Gasteiger partial charge on any atom is -0.497 e. The van der Waals surface area contributed by atoms with Crippen molar-refractivity contribution in [3.8, 4) is 11.5 Å². The summed E-state index contributed by atoms with van der Waals surface area (Å²) in [4.78, 5) is 11.3. The molecule has 0 fully saturated rings. The fourth-order valence-corrected chi connectivity index (χ4v) is 2.05. The van der Waals surface area contributed by atoms with E-state index in [-0.39, 0.29) is 5.92 Å². The molecule has 5 nitrogen and oxygen atoms in total. The standard InChI is InChI=1S/C14H20O5/c1-8(2)12(14(16)17)13(15)10-7-9(18-3)5-6-11(10)19-4/h5-8,12-13,15H,1-4H3,(H,16,17). The molecule has 0 aliphatic heterocycles. The van der Waals surface area contributed by atoms with Crippen molar-refractivity contribution in [3.05, 3.63) is 23.8 Å². The van der Waals surface area contributed by atoms with Gasteiger partial charge in [0.15, 0.2) is 0 Å². The smallest absolute Gasteiger partial charge is 0.309 e. The van der Waals surface area contributed by atoms with Gasteiger partial charge in [-0.15, -0.1) is 0 Å². The molecule has 2 atom stereocenters. The number of carboxylic acid groups (broad SMARTS) is 1. The molecule has 2 unspecified atom stereocenters. The van der Waals surface area contributed by atoms with Crippen LogP contribution in [0.25, 0.3) is 0 Å². The van der Waals surface area contributed by atoms with E-state index < -0.39 is 18.0 Å². The van der Waals surface area contributed by atoms with Crippen LogP contribution in [0, 0.1) is 11.8 Å².